The number of carbonyl (C=O) groups excluding carboxylic acids is 6. The third kappa shape index (κ3) is 8.47. The first-order chi connectivity index (χ1) is 12.3. The molecule has 2 rings (SSSR count). The molecule has 0 fully saturated rings. The molecule has 0 aromatic rings. The summed E-state index contributed by atoms with van der Waals surface area (Å²) in [5, 5.41) is 0. The number of rotatable bonds is 4. The standard InChI is InChI=1S/C12H6O12P2.2H2O/c13-7-1-2-8(14)20-25(19-7)23-11(17)5-6-12(18)24-26-21-9(15)3-4-10(16)22-26;;/h1-6H;2*1H2/b6-5+;;. The summed E-state index contributed by atoms with van der Waals surface area (Å²) >= 11 is 0. The van der Waals surface area contributed by atoms with E-state index >= 15 is 0 Å². The van der Waals surface area contributed by atoms with E-state index in [-0.39, 0.29) is 11.0 Å². The zero-order chi connectivity index (χ0) is 19.1. The lowest BCUT2D eigenvalue weighted by atomic mass is 10.5. The van der Waals surface area contributed by atoms with Crippen molar-refractivity contribution in [2.45, 2.75) is 0 Å². The van der Waals surface area contributed by atoms with Gasteiger partial charge in [0.1, 0.15) is 0 Å². The van der Waals surface area contributed by atoms with E-state index < -0.39 is 53.0 Å². The molecule has 28 heavy (non-hydrogen) atoms. The number of hydrogen-bond donors (Lipinski definition) is 0. The second-order valence-corrected chi connectivity index (χ2v) is 5.90. The maximum Gasteiger partial charge on any atom is 0.537 e. The first-order valence-corrected chi connectivity index (χ1v) is 8.47. The molecule has 0 aromatic carbocycles. The highest BCUT2D eigenvalue weighted by Gasteiger charge is 2.29. The average molecular weight is 440 g/mol. The van der Waals surface area contributed by atoms with Crippen LogP contribution in [0.5, 0.6) is 0 Å². The van der Waals surface area contributed by atoms with Gasteiger partial charge in [0.25, 0.3) is 0 Å². The molecule has 16 heteroatoms. The third-order valence-electron chi connectivity index (χ3n) is 2.05. The Morgan fingerprint density at radius 1 is 0.643 bits per heavy atom. The van der Waals surface area contributed by atoms with Gasteiger partial charge in [0.05, 0.1) is 0 Å². The first kappa shape index (κ1) is 24.8. The molecule has 0 unspecified atom stereocenters. The van der Waals surface area contributed by atoms with Crippen LogP contribution < -0.4 is 0 Å². The van der Waals surface area contributed by atoms with Gasteiger partial charge in [0.15, 0.2) is 0 Å². The summed E-state index contributed by atoms with van der Waals surface area (Å²) in [5.41, 5.74) is 0. The van der Waals surface area contributed by atoms with Crippen LogP contribution in [0.25, 0.3) is 0 Å². The molecule has 0 saturated heterocycles. The van der Waals surface area contributed by atoms with Gasteiger partial charge in [-0.05, 0) is 0 Å². The molecular weight excluding hydrogens is 430 g/mol. The van der Waals surface area contributed by atoms with Crippen molar-refractivity contribution in [2.75, 3.05) is 0 Å². The van der Waals surface area contributed by atoms with Crippen LogP contribution in [0.4, 0.5) is 0 Å². The Morgan fingerprint density at radius 3 is 1.14 bits per heavy atom. The van der Waals surface area contributed by atoms with Gasteiger partial charge in [-0.1, -0.05) is 0 Å². The highest BCUT2D eigenvalue weighted by atomic mass is 31.2. The molecular formula is C12H10O14P2. The lowest BCUT2D eigenvalue weighted by Gasteiger charge is -2.10. The van der Waals surface area contributed by atoms with Crippen LogP contribution in [0.15, 0.2) is 36.5 Å². The monoisotopic (exact) mass is 440 g/mol. The van der Waals surface area contributed by atoms with Crippen molar-refractivity contribution >= 4 is 53.0 Å². The molecule has 0 saturated carbocycles. The van der Waals surface area contributed by atoms with E-state index in [0.717, 1.165) is 24.3 Å². The maximum absolute atomic E-state index is 11.5. The Hall–Kier alpha value is -3.18. The Morgan fingerprint density at radius 2 is 0.893 bits per heavy atom. The van der Waals surface area contributed by atoms with Crippen molar-refractivity contribution in [2.24, 2.45) is 0 Å². The molecule has 0 amide bonds. The molecule has 0 aromatic heterocycles. The minimum Gasteiger partial charge on any atom is -0.412 e. The fraction of sp³-hybridized carbons (Fsp3) is 0. The van der Waals surface area contributed by atoms with Gasteiger partial charge in [-0.25, -0.2) is 28.8 Å². The zero-order valence-corrected chi connectivity index (χ0v) is 15.0. The molecule has 0 bridgehead atoms. The molecule has 14 nitrogen and oxygen atoms in total. The second-order valence-electron chi connectivity index (χ2n) is 3.91. The van der Waals surface area contributed by atoms with Crippen molar-refractivity contribution in [1.82, 2.24) is 0 Å². The molecule has 0 aliphatic carbocycles. The van der Waals surface area contributed by atoms with Crippen molar-refractivity contribution in [3.63, 3.8) is 0 Å². The molecule has 2 heterocycles. The minimum atomic E-state index is -2.64. The SMILES string of the molecule is O.O.O=C1C=CC(=O)OP(OC(=O)/C=C/C(=O)OP2OC(=O)C=CC(=O)O2)O1. The lowest BCUT2D eigenvalue weighted by molar-refractivity contribution is -0.139. The van der Waals surface area contributed by atoms with Crippen molar-refractivity contribution < 1.29 is 66.9 Å². The lowest BCUT2D eigenvalue weighted by Crippen LogP contribution is -2.06. The molecule has 0 spiro atoms. The van der Waals surface area contributed by atoms with Crippen LogP contribution in [-0.2, 0) is 55.9 Å². The van der Waals surface area contributed by atoms with Crippen LogP contribution in [0.2, 0.25) is 0 Å². The molecule has 2 aliphatic heterocycles. The van der Waals surface area contributed by atoms with E-state index in [4.69, 9.17) is 0 Å². The quantitative estimate of drug-likeness (QED) is 0.369. The molecule has 0 radical (unpaired) electrons. The van der Waals surface area contributed by atoms with Gasteiger partial charge >= 0.3 is 53.0 Å². The largest absolute Gasteiger partial charge is 0.537 e. The Kier molecular flexibility index (Phi) is 10.2. The Bertz CT molecular complexity index is 651. The summed E-state index contributed by atoms with van der Waals surface area (Å²) in [5.74, 6) is -6.28. The van der Waals surface area contributed by atoms with Gasteiger partial charge in [-0.3, -0.25) is 0 Å². The predicted octanol–water partition coefficient (Wildman–Crippen LogP) is -1.25. The molecule has 0 atom stereocenters. The van der Waals surface area contributed by atoms with Crippen LogP contribution in [0.3, 0.4) is 0 Å². The van der Waals surface area contributed by atoms with E-state index in [0.29, 0.717) is 12.2 Å². The summed E-state index contributed by atoms with van der Waals surface area (Å²) in [7, 11) is -5.27. The predicted molar refractivity (Wildman–Crippen MR) is 85.0 cm³/mol. The van der Waals surface area contributed by atoms with E-state index in [2.05, 4.69) is 27.1 Å². The van der Waals surface area contributed by atoms with E-state index in [9.17, 15) is 28.8 Å². The molecule has 4 N–H and O–H groups in total. The van der Waals surface area contributed by atoms with Crippen LogP contribution in [0, 0.1) is 0 Å². The van der Waals surface area contributed by atoms with Gasteiger partial charge < -0.3 is 38.1 Å². The van der Waals surface area contributed by atoms with Gasteiger partial charge in [-0.2, -0.15) is 0 Å². The van der Waals surface area contributed by atoms with E-state index in [1.807, 2.05) is 0 Å². The minimum absolute atomic E-state index is 0. The van der Waals surface area contributed by atoms with Crippen LogP contribution >= 0.6 is 17.2 Å². The summed E-state index contributed by atoms with van der Waals surface area (Å²) < 4.78 is 27.1. The van der Waals surface area contributed by atoms with E-state index in [1.165, 1.54) is 0 Å². The van der Waals surface area contributed by atoms with Crippen molar-refractivity contribution in [3.05, 3.63) is 36.5 Å². The fourth-order valence-corrected chi connectivity index (χ4v) is 2.61. The summed E-state index contributed by atoms with van der Waals surface area (Å²) in [4.78, 5) is 67.4. The fourth-order valence-electron chi connectivity index (χ4n) is 1.14. The Balaban J connectivity index is 0.00000364. The van der Waals surface area contributed by atoms with Crippen molar-refractivity contribution in [1.29, 1.82) is 0 Å². The average Bonchev–Trinajstić information content (AvgIpc) is 2.81. The van der Waals surface area contributed by atoms with Crippen molar-refractivity contribution in [3.8, 4) is 0 Å². The summed E-state index contributed by atoms with van der Waals surface area (Å²) in [6.45, 7) is 0. The first-order valence-electron chi connectivity index (χ1n) is 6.28. The summed E-state index contributed by atoms with van der Waals surface area (Å²) in [6, 6.07) is 0. The zero-order valence-electron chi connectivity index (χ0n) is 13.3. The second kappa shape index (κ2) is 11.5. The molecule has 2 aliphatic rings. The van der Waals surface area contributed by atoms with Gasteiger partial charge in [0.2, 0.25) is 0 Å². The maximum atomic E-state index is 11.5. The highest BCUT2D eigenvalue weighted by molar-refractivity contribution is 7.44. The van der Waals surface area contributed by atoms with Crippen LogP contribution in [-0.4, -0.2) is 46.8 Å². The summed E-state index contributed by atoms with van der Waals surface area (Å²) in [6.07, 6.45) is 4.21. The molecule has 152 valence electrons. The van der Waals surface area contributed by atoms with Gasteiger partial charge in [-0.15, -0.1) is 0 Å². The van der Waals surface area contributed by atoms with E-state index in [1.54, 1.807) is 0 Å². The van der Waals surface area contributed by atoms with Gasteiger partial charge in [0, 0.05) is 36.5 Å². The topological polar surface area (TPSA) is 221 Å². The third-order valence-corrected chi connectivity index (χ3v) is 4.03. The number of hydrogen-bond acceptors (Lipinski definition) is 12. The smallest absolute Gasteiger partial charge is 0.412 e. The Labute approximate surface area is 157 Å². The normalized spacial score (nSPS) is 17.0. The number of carbonyl (C=O) groups is 6. The highest BCUT2D eigenvalue weighted by Crippen LogP contribution is 2.42. The van der Waals surface area contributed by atoms with Crippen LogP contribution in [0.1, 0.15) is 0 Å².